The molecule has 0 aromatic rings. The van der Waals surface area contributed by atoms with Gasteiger partial charge >= 0.3 is 0 Å². The van der Waals surface area contributed by atoms with Crippen LogP contribution in [0.1, 0.15) is 66.2 Å². The molecule has 1 aliphatic carbocycles. The summed E-state index contributed by atoms with van der Waals surface area (Å²) in [6.45, 7) is 13.4. The summed E-state index contributed by atoms with van der Waals surface area (Å²) in [7, 11) is 0. The molecule has 2 aliphatic rings. The van der Waals surface area contributed by atoms with Crippen LogP contribution < -0.4 is 5.32 Å². The molecule has 1 saturated heterocycles. The van der Waals surface area contributed by atoms with E-state index in [1.165, 1.54) is 58.2 Å². The second-order valence-electron chi connectivity index (χ2n) is 7.71. The molecule has 3 unspecified atom stereocenters. The molecular weight excluding hydrogens is 232 g/mol. The molecule has 1 aliphatic heterocycles. The lowest BCUT2D eigenvalue weighted by Gasteiger charge is -2.42. The van der Waals surface area contributed by atoms with Crippen LogP contribution in [0.4, 0.5) is 0 Å². The lowest BCUT2D eigenvalue weighted by molar-refractivity contribution is 0.0879. The van der Waals surface area contributed by atoms with Gasteiger partial charge in [0.2, 0.25) is 0 Å². The van der Waals surface area contributed by atoms with Crippen molar-refractivity contribution in [3.8, 4) is 0 Å². The van der Waals surface area contributed by atoms with Crippen molar-refractivity contribution in [2.24, 2.45) is 11.3 Å². The molecule has 0 aromatic carbocycles. The van der Waals surface area contributed by atoms with E-state index in [9.17, 15) is 0 Å². The highest BCUT2D eigenvalue weighted by molar-refractivity contribution is 4.89. The van der Waals surface area contributed by atoms with E-state index in [4.69, 9.17) is 0 Å². The molecule has 0 spiro atoms. The lowest BCUT2D eigenvalue weighted by Crippen LogP contribution is -2.47. The Bertz CT molecular complexity index is 274. The number of rotatable bonds is 3. The Balaban J connectivity index is 1.97. The maximum absolute atomic E-state index is 3.78. The van der Waals surface area contributed by atoms with Gasteiger partial charge < -0.3 is 5.32 Å². The molecule has 0 amide bonds. The number of hydrogen-bond acceptors (Lipinski definition) is 2. The van der Waals surface area contributed by atoms with Gasteiger partial charge in [0, 0.05) is 18.6 Å². The maximum Gasteiger partial charge on any atom is 0.0220 e. The van der Waals surface area contributed by atoms with Gasteiger partial charge in [-0.1, -0.05) is 40.5 Å². The van der Waals surface area contributed by atoms with Crippen LogP contribution in [0.3, 0.4) is 0 Å². The van der Waals surface area contributed by atoms with E-state index in [1.54, 1.807) is 0 Å². The Hall–Kier alpha value is -0.0800. The highest BCUT2D eigenvalue weighted by Crippen LogP contribution is 2.37. The third kappa shape index (κ3) is 4.19. The molecule has 3 atom stereocenters. The summed E-state index contributed by atoms with van der Waals surface area (Å²) >= 11 is 0. The molecule has 2 rings (SSSR count). The minimum atomic E-state index is 0.564. The summed E-state index contributed by atoms with van der Waals surface area (Å²) in [6.07, 6.45) is 8.29. The molecule has 1 heterocycles. The van der Waals surface area contributed by atoms with Gasteiger partial charge in [-0.05, 0) is 50.1 Å². The fraction of sp³-hybridized carbons (Fsp3) is 1.00. The van der Waals surface area contributed by atoms with Crippen LogP contribution >= 0.6 is 0 Å². The second kappa shape index (κ2) is 6.58. The Morgan fingerprint density at radius 2 is 2.11 bits per heavy atom. The van der Waals surface area contributed by atoms with Gasteiger partial charge in [0.05, 0.1) is 0 Å². The molecule has 0 bridgehead atoms. The van der Waals surface area contributed by atoms with E-state index < -0.39 is 0 Å². The van der Waals surface area contributed by atoms with Crippen LogP contribution in [0.25, 0.3) is 0 Å². The zero-order valence-corrected chi connectivity index (χ0v) is 13.5. The molecule has 0 aromatic heterocycles. The minimum absolute atomic E-state index is 0.564. The first-order valence-corrected chi connectivity index (χ1v) is 8.49. The van der Waals surface area contributed by atoms with Crippen molar-refractivity contribution in [3.05, 3.63) is 0 Å². The van der Waals surface area contributed by atoms with Crippen molar-refractivity contribution in [1.29, 1.82) is 0 Å². The number of hydrogen-bond donors (Lipinski definition) is 1. The summed E-state index contributed by atoms with van der Waals surface area (Å²) in [4.78, 5) is 2.82. The van der Waals surface area contributed by atoms with Crippen LogP contribution in [-0.4, -0.2) is 36.6 Å². The predicted molar refractivity (Wildman–Crippen MR) is 83.5 cm³/mol. The van der Waals surface area contributed by atoms with Crippen LogP contribution in [0, 0.1) is 11.3 Å². The molecule has 2 nitrogen and oxygen atoms in total. The largest absolute Gasteiger partial charge is 0.312 e. The summed E-state index contributed by atoms with van der Waals surface area (Å²) < 4.78 is 0. The lowest BCUT2D eigenvalue weighted by atomic mass is 9.74. The number of nitrogens with one attached hydrogen (secondary N) is 1. The van der Waals surface area contributed by atoms with Crippen molar-refractivity contribution < 1.29 is 0 Å². The third-order valence-corrected chi connectivity index (χ3v) is 5.49. The van der Waals surface area contributed by atoms with E-state index in [1.807, 2.05) is 0 Å². The normalized spacial score (nSPS) is 34.7. The zero-order valence-electron chi connectivity index (χ0n) is 13.5. The molecular formula is C17H34N2. The van der Waals surface area contributed by atoms with E-state index in [-0.39, 0.29) is 0 Å². The number of nitrogens with zero attached hydrogens (tertiary/aromatic N) is 1. The highest BCUT2D eigenvalue weighted by atomic mass is 15.2. The molecule has 19 heavy (non-hydrogen) atoms. The predicted octanol–water partition coefficient (Wildman–Crippen LogP) is 3.67. The summed E-state index contributed by atoms with van der Waals surface area (Å²) in [5.41, 5.74) is 0.564. The van der Waals surface area contributed by atoms with Crippen molar-refractivity contribution in [2.75, 3.05) is 19.6 Å². The summed E-state index contributed by atoms with van der Waals surface area (Å²) in [5, 5.41) is 3.78. The standard InChI is InChI=1S/C17H34N2/c1-5-14(2)16-13-19(11-7-10-18-16)15-8-6-9-17(3,4)12-15/h14-16,18H,5-13H2,1-4H3. The first kappa shape index (κ1) is 15.3. The first-order chi connectivity index (χ1) is 9.02. The van der Waals surface area contributed by atoms with Gasteiger partial charge in [-0.2, -0.15) is 0 Å². The van der Waals surface area contributed by atoms with Gasteiger partial charge in [0.15, 0.2) is 0 Å². The minimum Gasteiger partial charge on any atom is -0.312 e. The van der Waals surface area contributed by atoms with E-state index in [0.717, 1.165) is 12.0 Å². The van der Waals surface area contributed by atoms with Gasteiger partial charge in [-0.15, -0.1) is 0 Å². The fourth-order valence-corrected chi connectivity index (χ4v) is 3.95. The summed E-state index contributed by atoms with van der Waals surface area (Å²) in [6, 6.07) is 1.55. The molecule has 2 heteroatoms. The van der Waals surface area contributed by atoms with Crippen LogP contribution in [-0.2, 0) is 0 Å². The first-order valence-electron chi connectivity index (χ1n) is 8.49. The third-order valence-electron chi connectivity index (χ3n) is 5.49. The SMILES string of the molecule is CCC(C)C1CN(C2CCCC(C)(C)C2)CCCN1. The Kier molecular flexibility index (Phi) is 5.30. The van der Waals surface area contributed by atoms with Crippen molar-refractivity contribution in [1.82, 2.24) is 10.2 Å². The van der Waals surface area contributed by atoms with Crippen molar-refractivity contribution in [2.45, 2.75) is 78.3 Å². The van der Waals surface area contributed by atoms with Crippen molar-refractivity contribution >= 4 is 0 Å². The smallest absolute Gasteiger partial charge is 0.0220 e. The Labute approximate surface area is 120 Å². The van der Waals surface area contributed by atoms with Crippen LogP contribution in [0.15, 0.2) is 0 Å². The quantitative estimate of drug-likeness (QED) is 0.838. The average Bonchev–Trinajstić information content (AvgIpc) is 2.62. The van der Waals surface area contributed by atoms with Crippen LogP contribution in [0.2, 0.25) is 0 Å². The highest BCUT2D eigenvalue weighted by Gasteiger charge is 2.33. The van der Waals surface area contributed by atoms with E-state index >= 15 is 0 Å². The maximum atomic E-state index is 3.78. The van der Waals surface area contributed by atoms with E-state index in [0.29, 0.717) is 11.5 Å². The molecule has 112 valence electrons. The monoisotopic (exact) mass is 266 g/mol. The topological polar surface area (TPSA) is 15.3 Å². The van der Waals surface area contributed by atoms with Gasteiger partial charge in [-0.3, -0.25) is 4.90 Å². The zero-order chi connectivity index (χ0) is 13.9. The fourth-order valence-electron chi connectivity index (χ4n) is 3.95. The molecule has 1 saturated carbocycles. The average molecular weight is 266 g/mol. The van der Waals surface area contributed by atoms with Crippen LogP contribution in [0.5, 0.6) is 0 Å². The van der Waals surface area contributed by atoms with Gasteiger partial charge in [-0.25, -0.2) is 0 Å². The molecule has 1 N–H and O–H groups in total. The molecule has 2 fully saturated rings. The van der Waals surface area contributed by atoms with Gasteiger partial charge in [0.1, 0.15) is 0 Å². The Morgan fingerprint density at radius 3 is 2.79 bits per heavy atom. The van der Waals surface area contributed by atoms with E-state index in [2.05, 4.69) is 37.9 Å². The van der Waals surface area contributed by atoms with Gasteiger partial charge in [0.25, 0.3) is 0 Å². The summed E-state index contributed by atoms with van der Waals surface area (Å²) in [5.74, 6) is 0.803. The van der Waals surface area contributed by atoms with Crippen molar-refractivity contribution in [3.63, 3.8) is 0 Å². The molecule has 0 radical (unpaired) electrons. The second-order valence-corrected chi connectivity index (χ2v) is 7.71. The Morgan fingerprint density at radius 1 is 1.32 bits per heavy atom.